The highest BCUT2D eigenvalue weighted by molar-refractivity contribution is 5.95. The Morgan fingerprint density at radius 2 is 1.72 bits per heavy atom. The largest absolute Gasteiger partial charge is 0.492 e. The summed E-state index contributed by atoms with van der Waals surface area (Å²) >= 11 is 0. The minimum atomic E-state index is 0.534. The van der Waals surface area contributed by atoms with E-state index < -0.39 is 0 Å². The minimum Gasteiger partial charge on any atom is -0.492 e. The van der Waals surface area contributed by atoms with Gasteiger partial charge in [-0.1, -0.05) is 24.3 Å². The van der Waals surface area contributed by atoms with Crippen LogP contribution in [0.2, 0.25) is 0 Å². The molecule has 6 nitrogen and oxygen atoms in total. The Bertz CT molecular complexity index is 1190. The first kappa shape index (κ1) is 20.4. The van der Waals surface area contributed by atoms with Crippen LogP contribution in [-0.2, 0) is 0 Å². The number of rotatable bonds is 7. The monoisotopic (exact) mass is 425 g/mol. The predicted octanol–water partition coefficient (Wildman–Crippen LogP) is 5.22. The molecule has 1 N–H and O–H groups in total. The second-order valence-electron chi connectivity index (χ2n) is 8.21. The number of fused-ring (bicyclic) bond motifs is 1. The molecule has 5 rings (SSSR count). The lowest BCUT2D eigenvalue weighted by Gasteiger charge is -2.15. The fraction of sp³-hybridized carbons (Fsp3) is 0.269. The molecule has 0 unspecified atom stereocenters. The molecule has 0 spiro atoms. The number of aryl methyl sites for hydroxylation is 1. The van der Waals surface area contributed by atoms with Gasteiger partial charge in [0.1, 0.15) is 18.2 Å². The van der Waals surface area contributed by atoms with E-state index in [1.807, 2.05) is 31.2 Å². The van der Waals surface area contributed by atoms with Crippen LogP contribution in [0.3, 0.4) is 0 Å². The Kier molecular flexibility index (Phi) is 5.94. The van der Waals surface area contributed by atoms with Gasteiger partial charge in [-0.15, -0.1) is 0 Å². The molecule has 4 aromatic rings. The van der Waals surface area contributed by atoms with Crippen molar-refractivity contribution in [2.45, 2.75) is 19.8 Å². The van der Waals surface area contributed by atoms with Gasteiger partial charge in [-0.05, 0) is 74.1 Å². The molecule has 32 heavy (non-hydrogen) atoms. The number of nitrogens with one attached hydrogen (secondary N) is 1. The molecule has 2 aromatic heterocycles. The maximum Gasteiger partial charge on any atom is 0.228 e. The topological polar surface area (TPSA) is 63.2 Å². The first-order valence-corrected chi connectivity index (χ1v) is 11.2. The second kappa shape index (κ2) is 9.32. The van der Waals surface area contributed by atoms with Crippen molar-refractivity contribution in [3.8, 4) is 17.0 Å². The Balaban J connectivity index is 1.36. The molecule has 0 radical (unpaired) electrons. The fourth-order valence-corrected chi connectivity index (χ4v) is 4.03. The van der Waals surface area contributed by atoms with Crippen molar-refractivity contribution in [1.82, 2.24) is 19.9 Å². The first-order valence-electron chi connectivity index (χ1n) is 11.2. The quantitative estimate of drug-likeness (QED) is 0.438. The Morgan fingerprint density at radius 1 is 0.969 bits per heavy atom. The number of likely N-dealkylation sites (tertiary alicyclic amines) is 1. The van der Waals surface area contributed by atoms with Crippen molar-refractivity contribution >= 4 is 22.5 Å². The number of hydrogen-bond donors (Lipinski definition) is 1. The average molecular weight is 426 g/mol. The molecule has 0 atom stereocenters. The minimum absolute atomic E-state index is 0.534. The van der Waals surface area contributed by atoms with Crippen LogP contribution in [0.15, 0.2) is 67.0 Å². The predicted molar refractivity (Wildman–Crippen MR) is 128 cm³/mol. The molecule has 0 amide bonds. The molecule has 1 saturated heterocycles. The third-order valence-corrected chi connectivity index (χ3v) is 5.78. The van der Waals surface area contributed by atoms with Crippen LogP contribution in [0.4, 0.5) is 11.8 Å². The first-order chi connectivity index (χ1) is 15.7. The highest BCUT2D eigenvalue weighted by atomic mass is 16.5. The lowest BCUT2D eigenvalue weighted by molar-refractivity contribution is 0.238. The Labute approximate surface area is 188 Å². The summed E-state index contributed by atoms with van der Waals surface area (Å²) < 4.78 is 5.95. The molecule has 3 heterocycles. The van der Waals surface area contributed by atoms with Crippen molar-refractivity contribution in [3.63, 3.8) is 0 Å². The summed E-state index contributed by atoms with van der Waals surface area (Å²) in [6, 6.07) is 18.5. The highest BCUT2D eigenvalue weighted by Gasteiger charge is 2.12. The van der Waals surface area contributed by atoms with Gasteiger partial charge in [-0.2, -0.15) is 0 Å². The summed E-state index contributed by atoms with van der Waals surface area (Å²) in [5.74, 6) is 2.17. The van der Waals surface area contributed by atoms with Crippen molar-refractivity contribution in [3.05, 3.63) is 72.6 Å². The van der Waals surface area contributed by atoms with Crippen LogP contribution in [0, 0.1) is 6.92 Å². The summed E-state index contributed by atoms with van der Waals surface area (Å²) in [5, 5.41) is 5.43. The van der Waals surface area contributed by atoms with E-state index in [1.165, 1.54) is 25.9 Å². The van der Waals surface area contributed by atoms with E-state index in [2.05, 4.69) is 50.5 Å². The van der Waals surface area contributed by atoms with E-state index in [0.717, 1.165) is 52.3 Å². The van der Waals surface area contributed by atoms with Crippen LogP contribution in [0.5, 0.6) is 5.75 Å². The van der Waals surface area contributed by atoms with Gasteiger partial charge >= 0.3 is 0 Å². The van der Waals surface area contributed by atoms with Crippen LogP contribution >= 0.6 is 0 Å². The molecular weight excluding hydrogens is 398 g/mol. The van der Waals surface area contributed by atoms with Gasteiger partial charge < -0.3 is 10.1 Å². The Morgan fingerprint density at radius 3 is 2.50 bits per heavy atom. The van der Waals surface area contributed by atoms with Crippen molar-refractivity contribution in [2.24, 2.45) is 0 Å². The van der Waals surface area contributed by atoms with Crippen LogP contribution in [-0.4, -0.2) is 46.1 Å². The summed E-state index contributed by atoms with van der Waals surface area (Å²) in [6.07, 6.45) is 6.20. The van der Waals surface area contributed by atoms with E-state index in [9.17, 15) is 0 Å². The van der Waals surface area contributed by atoms with E-state index in [1.54, 1.807) is 12.4 Å². The molecule has 1 aliphatic heterocycles. The van der Waals surface area contributed by atoms with Gasteiger partial charge in [-0.3, -0.25) is 4.90 Å². The van der Waals surface area contributed by atoms with Gasteiger partial charge in [0.2, 0.25) is 5.95 Å². The van der Waals surface area contributed by atoms with Gasteiger partial charge in [-0.25, -0.2) is 15.0 Å². The van der Waals surface area contributed by atoms with Crippen LogP contribution < -0.4 is 10.1 Å². The van der Waals surface area contributed by atoms with Crippen LogP contribution in [0.1, 0.15) is 18.4 Å². The molecule has 1 fully saturated rings. The number of ether oxygens (including phenoxy) is 1. The normalized spacial score (nSPS) is 14.0. The summed E-state index contributed by atoms with van der Waals surface area (Å²) in [7, 11) is 0. The molecule has 2 aromatic carbocycles. The summed E-state index contributed by atoms with van der Waals surface area (Å²) in [4.78, 5) is 16.1. The number of nitrogens with zero attached hydrogens (tertiary/aromatic N) is 4. The molecule has 0 aliphatic carbocycles. The van der Waals surface area contributed by atoms with Gasteiger partial charge in [0.25, 0.3) is 0 Å². The fourth-order valence-electron chi connectivity index (χ4n) is 4.03. The highest BCUT2D eigenvalue weighted by Crippen LogP contribution is 2.30. The van der Waals surface area contributed by atoms with E-state index >= 15 is 0 Å². The zero-order valence-electron chi connectivity index (χ0n) is 18.3. The number of benzene rings is 2. The van der Waals surface area contributed by atoms with E-state index in [4.69, 9.17) is 9.72 Å². The standard InChI is InChI=1S/C26H27N5O/c1-19-17-27-26(28-18-19)30-25-23-7-3-2-6-21(23)16-24(29-25)20-8-10-22(11-9-20)32-15-14-31-12-4-5-13-31/h2-3,6-11,16-18H,4-5,12-15H2,1H3,(H,27,28,29,30). The number of pyridine rings is 1. The van der Waals surface area contributed by atoms with Crippen molar-refractivity contribution in [2.75, 3.05) is 31.6 Å². The number of hydrogen-bond acceptors (Lipinski definition) is 6. The van der Waals surface area contributed by atoms with Crippen molar-refractivity contribution < 1.29 is 4.74 Å². The molecule has 6 heteroatoms. The Hall–Kier alpha value is -3.51. The molecule has 162 valence electrons. The maximum atomic E-state index is 5.95. The van der Waals surface area contributed by atoms with Crippen LogP contribution in [0.25, 0.3) is 22.0 Å². The third kappa shape index (κ3) is 4.70. The average Bonchev–Trinajstić information content (AvgIpc) is 3.34. The zero-order valence-corrected chi connectivity index (χ0v) is 18.3. The summed E-state index contributed by atoms with van der Waals surface area (Å²) in [5.41, 5.74) is 2.95. The van der Waals surface area contributed by atoms with Gasteiger partial charge in [0.05, 0.1) is 5.69 Å². The lowest BCUT2D eigenvalue weighted by Crippen LogP contribution is -2.25. The van der Waals surface area contributed by atoms with E-state index in [-0.39, 0.29) is 0 Å². The molecule has 1 aliphatic rings. The molecule has 0 saturated carbocycles. The molecular formula is C26H27N5O. The maximum absolute atomic E-state index is 5.95. The smallest absolute Gasteiger partial charge is 0.228 e. The van der Waals surface area contributed by atoms with Gasteiger partial charge in [0.15, 0.2) is 0 Å². The second-order valence-corrected chi connectivity index (χ2v) is 8.21. The zero-order chi connectivity index (χ0) is 21.8. The van der Waals surface area contributed by atoms with Crippen molar-refractivity contribution in [1.29, 1.82) is 0 Å². The number of anilines is 2. The third-order valence-electron chi connectivity index (χ3n) is 5.78. The van der Waals surface area contributed by atoms with Gasteiger partial charge in [0, 0.05) is 29.9 Å². The SMILES string of the molecule is Cc1cnc(Nc2nc(-c3ccc(OCCN4CCCC4)cc3)cc3ccccc23)nc1. The molecule has 0 bridgehead atoms. The van der Waals surface area contributed by atoms with E-state index in [0.29, 0.717) is 5.95 Å². The summed E-state index contributed by atoms with van der Waals surface area (Å²) in [6.45, 7) is 6.07. The lowest BCUT2D eigenvalue weighted by atomic mass is 10.1. The number of aromatic nitrogens is 3.